The highest BCUT2D eigenvalue weighted by Gasteiger charge is 2.28. The summed E-state index contributed by atoms with van der Waals surface area (Å²) in [5.41, 5.74) is 9.61. The third kappa shape index (κ3) is 3.15. The third-order valence-corrected chi connectivity index (χ3v) is 4.56. The van der Waals surface area contributed by atoms with E-state index in [-0.39, 0.29) is 5.41 Å². The Balaban J connectivity index is 2.06. The van der Waals surface area contributed by atoms with Crippen LogP contribution in [0.3, 0.4) is 0 Å². The molecule has 0 aliphatic heterocycles. The lowest BCUT2D eigenvalue weighted by Crippen LogP contribution is -2.38. The van der Waals surface area contributed by atoms with Gasteiger partial charge in [0.05, 0.1) is 19.2 Å². The number of nitrogens with zero attached hydrogens (tertiary/aromatic N) is 2. The van der Waals surface area contributed by atoms with Crippen LogP contribution in [-0.4, -0.2) is 15.8 Å². The van der Waals surface area contributed by atoms with Crippen LogP contribution in [0.4, 0.5) is 5.95 Å². The van der Waals surface area contributed by atoms with E-state index in [1.54, 1.807) is 0 Å². The first-order chi connectivity index (χ1) is 11.4. The topological polar surface area (TPSA) is 55.1 Å². The quantitative estimate of drug-likeness (QED) is 0.725. The van der Waals surface area contributed by atoms with Gasteiger partial charge in [-0.25, -0.2) is 9.13 Å². The van der Waals surface area contributed by atoms with E-state index in [2.05, 4.69) is 28.8 Å². The van der Waals surface area contributed by atoms with E-state index in [9.17, 15) is 5.11 Å². The van der Waals surface area contributed by atoms with Gasteiger partial charge in [-0.05, 0) is 23.1 Å². The van der Waals surface area contributed by atoms with Crippen molar-refractivity contribution in [2.45, 2.75) is 40.0 Å². The molecular weight excluding hydrogens is 298 g/mol. The highest BCUT2D eigenvalue weighted by Crippen LogP contribution is 2.24. The first-order valence-corrected chi connectivity index (χ1v) is 8.36. The summed E-state index contributed by atoms with van der Waals surface area (Å²) >= 11 is 0. The molecule has 1 aromatic heterocycles. The summed E-state index contributed by atoms with van der Waals surface area (Å²) in [6, 6.07) is 18.5. The molecule has 4 heteroatoms. The summed E-state index contributed by atoms with van der Waals surface area (Å²) in [4.78, 5) is 0. The van der Waals surface area contributed by atoms with Gasteiger partial charge in [-0.15, -0.1) is 0 Å². The van der Waals surface area contributed by atoms with Crippen LogP contribution < -0.4 is 10.3 Å². The summed E-state index contributed by atoms with van der Waals surface area (Å²) < 4.78 is 4.13. The fourth-order valence-electron chi connectivity index (χ4n) is 2.88. The molecule has 1 heterocycles. The molecule has 0 unspecified atom stereocenters. The molecule has 0 amide bonds. The number of benzene rings is 2. The molecule has 0 fully saturated rings. The molecule has 3 rings (SSSR count). The van der Waals surface area contributed by atoms with Gasteiger partial charge in [0.2, 0.25) is 0 Å². The van der Waals surface area contributed by atoms with Gasteiger partial charge in [0, 0.05) is 0 Å². The normalized spacial score (nSPS) is 13.3. The summed E-state index contributed by atoms with van der Waals surface area (Å²) in [5, 5.41) is 10.5. The number of imidazole rings is 1. The minimum atomic E-state index is -0.471. The molecular formula is C20H26N3O+. The van der Waals surface area contributed by atoms with Crippen molar-refractivity contribution in [2.75, 3.05) is 5.73 Å². The molecule has 0 aliphatic carbocycles. The van der Waals surface area contributed by atoms with Crippen LogP contribution in [0, 0.1) is 5.41 Å². The van der Waals surface area contributed by atoms with E-state index in [1.807, 2.05) is 55.7 Å². The fraction of sp³-hybridized carbons (Fsp3) is 0.350. The van der Waals surface area contributed by atoms with Crippen LogP contribution >= 0.6 is 0 Å². The van der Waals surface area contributed by atoms with Gasteiger partial charge < -0.3 is 5.11 Å². The number of para-hydroxylation sites is 2. The van der Waals surface area contributed by atoms with Crippen molar-refractivity contribution in [1.82, 2.24) is 4.57 Å². The molecule has 4 nitrogen and oxygen atoms in total. The Morgan fingerprint density at radius 3 is 2.33 bits per heavy atom. The Labute approximate surface area is 143 Å². The zero-order valence-electron chi connectivity index (χ0n) is 14.6. The number of fused-ring (bicyclic) bond motifs is 1. The Morgan fingerprint density at radius 1 is 1.04 bits per heavy atom. The van der Waals surface area contributed by atoms with Crippen molar-refractivity contribution in [3.05, 3.63) is 60.2 Å². The molecule has 126 valence electrons. The largest absolute Gasteiger partial charge is 0.389 e. The molecule has 2 aromatic carbocycles. The zero-order valence-corrected chi connectivity index (χ0v) is 14.6. The molecule has 3 aromatic rings. The molecule has 0 saturated carbocycles. The van der Waals surface area contributed by atoms with Crippen LogP contribution in [0.15, 0.2) is 54.6 Å². The van der Waals surface area contributed by atoms with E-state index in [4.69, 9.17) is 5.73 Å². The van der Waals surface area contributed by atoms with E-state index in [0.717, 1.165) is 11.0 Å². The van der Waals surface area contributed by atoms with Crippen molar-refractivity contribution in [3.8, 4) is 0 Å². The lowest BCUT2D eigenvalue weighted by Gasteiger charge is -2.24. The fourth-order valence-corrected chi connectivity index (χ4v) is 2.88. The number of nitrogen functional groups attached to an aromatic ring is 1. The molecule has 0 bridgehead atoms. The van der Waals surface area contributed by atoms with Gasteiger partial charge in [-0.3, -0.25) is 5.73 Å². The minimum Gasteiger partial charge on any atom is -0.389 e. The number of rotatable bonds is 4. The highest BCUT2D eigenvalue weighted by atomic mass is 16.3. The molecule has 3 N–H and O–H groups in total. The predicted molar refractivity (Wildman–Crippen MR) is 97.6 cm³/mol. The monoisotopic (exact) mass is 324 g/mol. The Hall–Kier alpha value is -2.33. The highest BCUT2D eigenvalue weighted by molar-refractivity contribution is 5.74. The average Bonchev–Trinajstić information content (AvgIpc) is 2.81. The minimum absolute atomic E-state index is 0.192. The van der Waals surface area contributed by atoms with E-state index < -0.39 is 6.10 Å². The van der Waals surface area contributed by atoms with Crippen LogP contribution in [0.5, 0.6) is 0 Å². The second-order valence-electron chi connectivity index (χ2n) is 7.41. The van der Waals surface area contributed by atoms with Gasteiger partial charge in [0.25, 0.3) is 0 Å². The summed E-state index contributed by atoms with van der Waals surface area (Å²) in [6.07, 6.45) is -0.471. The summed E-state index contributed by atoms with van der Waals surface area (Å²) in [5.74, 6) is 0.670. The van der Waals surface area contributed by atoms with Crippen LogP contribution in [-0.2, 0) is 13.1 Å². The number of aliphatic hydroxyl groups excluding tert-OH is 1. The van der Waals surface area contributed by atoms with Crippen molar-refractivity contribution < 1.29 is 9.67 Å². The lowest BCUT2D eigenvalue weighted by atomic mass is 9.89. The van der Waals surface area contributed by atoms with E-state index in [0.29, 0.717) is 19.0 Å². The van der Waals surface area contributed by atoms with Crippen molar-refractivity contribution in [2.24, 2.45) is 5.41 Å². The van der Waals surface area contributed by atoms with Gasteiger partial charge in [-0.2, -0.15) is 0 Å². The lowest BCUT2D eigenvalue weighted by molar-refractivity contribution is -0.648. The van der Waals surface area contributed by atoms with Crippen LogP contribution in [0.2, 0.25) is 0 Å². The van der Waals surface area contributed by atoms with Gasteiger partial charge >= 0.3 is 5.95 Å². The first kappa shape index (κ1) is 16.5. The number of aromatic nitrogens is 2. The van der Waals surface area contributed by atoms with Crippen LogP contribution in [0.1, 0.15) is 26.3 Å². The van der Waals surface area contributed by atoms with Crippen molar-refractivity contribution >= 4 is 17.0 Å². The molecule has 0 saturated heterocycles. The number of nitrogens with two attached hydrogens (primary N) is 1. The number of hydrogen-bond acceptors (Lipinski definition) is 2. The van der Waals surface area contributed by atoms with Crippen molar-refractivity contribution in [1.29, 1.82) is 0 Å². The predicted octanol–water partition coefficient (Wildman–Crippen LogP) is 2.97. The molecule has 1 atom stereocenters. The van der Waals surface area contributed by atoms with Crippen LogP contribution in [0.25, 0.3) is 11.0 Å². The second-order valence-corrected chi connectivity index (χ2v) is 7.41. The number of aliphatic hydroxyl groups is 1. The van der Waals surface area contributed by atoms with Gasteiger partial charge in [0.15, 0.2) is 0 Å². The SMILES string of the molecule is CC(C)(C)[C@@H](O)Cn1c(N)[n+](Cc2ccccc2)c2ccccc21. The van der Waals surface area contributed by atoms with E-state index in [1.165, 1.54) is 5.56 Å². The standard InChI is InChI=1S/C20H25N3O/c1-20(2,3)18(24)14-23-17-12-8-7-11-16(17)22(19(23)21)13-15-9-5-4-6-10-15/h4-12,18,21,24H,13-14H2,1-3H3/p+1/t18-/m0/s1. The maximum atomic E-state index is 10.5. The number of anilines is 1. The Bertz CT molecular complexity index is 831. The average molecular weight is 324 g/mol. The molecule has 24 heavy (non-hydrogen) atoms. The molecule has 0 radical (unpaired) electrons. The number of hydrogen-bond donors (Lipinski definition) is 2. The van der Waals surface area contributed by atoms with E-state index >= 15 is 0 Å². The molecule has 0 aliphatic rings. The maximum Gasteiger partial charge on any atom is 0.356 e. The zero-order chi connectivity index (χ0) is 17.3. The Kier molecular flexibility index (Phi) is 4.33. The maximum absolute atomic E-state index is 10.5. The summed E-state index contributed by atoms with van der Waals surface area (Å²) in [7, 11) is 0. The first-order valence-electron chi connectivity index (χ1n) is 8.36. The second kappa shape index (κ2) is 6.29. The summed E-state index contributed by atoms with van der Waals surface area (Å²) in [6.45, 7) is 7.32. The molecule has 0 spiro atoms. The van der Waals surface area contributed by atoms with Gasteiger partial charge in [-0.1, -0.05) is 63.2 Å². The van der Waals surface area contributed by atoms with Gasteiger partial charge in [0.1, 0.15) is 11.0 Å². The van der Waals surface area contributed by atoms with Crippen molar-refractivity contribution in [3.63, 3.8) is 0 Å². The third-order valence-electron chi connectivity index (χ3n) is 4.56. The Morgan fingerprint density at radius 2 is 1.67 bits per heavy atom. The smallest absolute Gasteiger partial charge is 0.356 e.